The zero-order valence-electron chi connectivity index (χ0n) is 10.9. The fraction of sp³-hybridized carbons (Fsp3) is 0.0625. The van der Waals surface area contributed by atoms with E-state index < -0.39 is 0 Å². The van der Waals surface area contributed by atoms with Gasteiger partial charge in [0, 0.05) is 21.1 Å². The molecule has 0 spiro atoms. The summed E-state index contributed by atoms with van der Waals surface area (Å²) in [6, 6.07) is 15.4. The molecular formula is C16H13BrN2O. The molecule has 0 atom stereocenters. The van der Waals surface area contributed by atoms with Crippen LogP contribution >= 0.6 is 15.9 Å². The van der Waals surface area contributed by atoms with E-state index in [2.05, 4.69) is 26.2 Å². The van der Waals surface area contributed by atoms with Gasteiger partial charge in [0.15, 0.2) is 0 Å². The van der Waals surface area contributed by atoms with Crippen LogP contribution in [0.4, 0.5) is 5.69 Å². The van der Waals surface area contributed by atoms with Gasteiger partial charge in [-0.1, -0.05) is 28.1 Å². The highest BCUT2D eigenvalue weighted by Gasteiger charge is 2.09. The minimum absolute atomic E-state index is 0.138. The first kappa shape index (κ1) is 12.9. The molecule has 0 aliphatic heterocycles. The predicted molar refractivity (Wildman–Crippen MR) is 85.1 cm³/mol. The second-order valence-corrected chi connectivity index (χ2v) is 5.65. The first-order valence-electron chi connectivity index (χ1n) is 6.28. The number of anilines is 1. The first-order valence-corrected chi connectivity index (χ1v) is 7.07. The summed E-state index contributed by atoms with van der Waals surface area (Å²) in [6.45, 7) is 2.03. The van der Waals surface area contributed by atoms with Gasteiger partial charge in [0.25, 0.3) is 5.91 Å². The molecule has 0 fully saturated rings. The van der Waals surface area contributed by atoms with Crippen molar-refractivity contribution in [1.82, 2.24) is 4.98 Å². The minimum atomic E-state index is -0.138. The molecule has 20 heavy (non-hydrogen) atoms. The molecule has 0 unspecified atom stereocenters. The number of aromatic amines is 1. The number of aromatic nitrogens is 1. The molecule has 1 amide bonds. The van der Waals surface area contributed by atoms with Crippen molar-refractivity contribution in [3.8, 4) is 0 Å². The van der Waals surface area contributed by atoms with Gasteiger partial charge in [-0.15, -0.1) is 0 Å². The average molecular weight is 329 g/mol. The van der Waals surface area contributed by atoms with Gasteiger partial charge < -0.3 is 10.3 Å². The van der Waals surface area contributed by atoms with Crippen LogP contribution in [-0.2, 0) is 0 Å². The van der Waals surface area contributed by atoms with Crippen molar-refractivity contribution in [2.75, 3.05) is 5.32 Å². The highest BCUT2D eigenvalue weighted by atomic mass is 79.9. The van der Waals surface area contributed by atoms with Crippen LogP contribution in [0.15, 0.2) is 53.0 Å². The van der Waals surface area contributed by atoms with Crippen molar-refractivity contribution in [1.29, 1.82) is 0 Å². The lowest BCUT2D eigenvalue weighted by Gasteiger charge is -2.03. The molecule has 3 aromatic rings. The minimum Gasteiger partial charge on any atom is -0.351 e. The van der Waals surface area contributed by atoms with Crippen LogP contribution in [0.25, 0.3) is 10.9 Å². The molecule has 3 rings (SSSR count). The third kappa shape index (κ3) is 2.60. The van der Waals surface area contributed by atoms with Crippen molar-refractivity contribution < 1.29 is 4.79 Å². The van der Waals surface area contributed by atoms with Crippen molar-refractivity contribution >= 4 is 38.4 Å². The molecule has 1 aromatic heterocycles. The Kier molecular flexibility index (Phi) is 3.32. The number of fused-ring (bicyclic) bond motifs is 1. The third-order valence-corrected chi connectivity index (χ3v) is 3.65. The number of rotatable bonds is 2. The third-order valence-electron chi connectivity index (χ3n) is 3.12. The molecule has 0 aliphatic rings. The first-order chi connectivity index (χ1) is 9.61. The van der Waals surface area contributed by atoms with Crippen molar-refractivity contribution in [3.05, 3.63) is 64.3 Å². The Labute approximate surface area is 125 Å². The summed E-state index contributed by atoms with van der Waals surface area (Å²) in [5.41, 5.74) is 3.48. The van der Waals surface area contributed by atoms with E-state index in [4.69, 9.17) is 0 Å². The Bertz CT molecular complexity index is 775. The van der Waals surface area contributed by atoms with Crippen molar-refractivity contribution in [2.24, 2.45) is 0 Å². The number of nitrogens with one attached hydrogen (secondary N) is 2. The van der Waals surface area contributed by atoms with Gasteiger partial charge in [-0.05, 0) is 48.9 Å². The zero-order valence-corrected chi connectivity index (χ0v) is 12.5. The van der Waals surface area contributed by atoms with E-state index in [1.54, 1.807) is 0 Å². The number of carbonyl (C=O) groups is 1. The van der Waals surface area contributed by atoms with Crippen molar-refractivity contribution in [3.63, 3.8) is 0 Å². The van der Waals surface area contributed by atoms with Crippen LogP contribution < -0.4 is 5.32 Å². The number of hydrogen-bond donors (Lipinski definition) is 2. The lowest BCUT2D eigenvalue weighted by Crippen LogP contribution is -2.11. The second-order valence-electron chi connectivity index (χ2n) is 4.73. The smallest absolute Gasteiger partial charge is 0.272 e. The largest absolute Gasteiger partial charge is 0.351 e. The lowest BCUT2D eigenvalue weighted by atomic mass is 10.2. The molecule has 0 radical (unpaired) electrons. The molecule has 1 heterocycles. The summed E-state index contributed by atoms with van der Waals surface area (Å²) in [5, 5.41) is 3.91. The Morgan fingerprint density at radius 2 is 1.85 bits per heavy atom. The summed E-state index contributed by atoms with van der Waals surface area (Å²) in [7, 11) is 0. The number of carbonyl (C=O) groups excluding carboxylic acids is 1. The Hall–Kier alpha value is -2.07. The lowest BCUT2D eigenvalue weighted by molar-refractivity contribution is 0.102. The van der Waals surface area contributed by atoms with Gasteiger partial charge in [-0.2, -0.15) is 0 Å². The van der Waals surface area contributed by atoms with Gasteiger partial charge in [-0.25, -0.2) is 0 Å². The van der Waals surface area contributed by atoms with E-state index in [1.807, 2.05) is 55.5 Å². The molecular weight excluding hydrogens is 316 g/mol. The van der Waals surface area contributed by atoms with Gasteiger partial charge in [0.1, 0.15) is 5.69 Å². The fourth-order valence-corrected chi connectivity index (χ4v) is 2.36. The Morgan fingerprint density at radius 3 is 2.60 bits per heavy atom. The van der Waals surface area contributed by atoms with Crippen LogP contribution in [0.1, 0.15) is 16.1 Å². The maximum Gasteiger partial charge on any atom is 0.272 e. The number of hydrogen-bond acceptors (Lipinski definition) is 1. The summed E-state index contributed by atoms with van der Waals surface area (Å²) >= 11 is 3.37. The van der Waals surface area contributed by atoms with E-state index in [0.717, 1.165) is 21.1 Å². The van der Waals surface area contributed by atoms with E-state index in [9.17, 15) is 4.79 Å². The van der Waals surface area contributed by atoms with Crippen LogP contribution in [0.2, 0.25) is 0 Å². The normalized spacial score (nSPS) is 10.7. The zero-order chi connectivity index (χ0) is 14.1. The number of H-pyrrole nitrogens is 1. The van der Waals surface area contributed by atoms with Crippen LogP contribution in [0.3, 0.4) is 0 Å². The molecule has 0 aliphatic carbocycles. The topological polar surface area (TPSA) is 44.9 Å². The number of aryl methyl sites for hydroxylation is 1. The number of amides is 1. The van der Waals surface area contributed by atoms with E-state index in [1.165, 1.54) is 5.56 Å². The fourth-order valence-electron chi connectivity index (χ4n) is 2.09. The van der Waals surface area contributed by atoms with Crippen LogP contribution in [0, 0.1) is 6.92 Å². The molecule has 2 aromatic carbocycles. The van der Waals surface area contributed by atoms with E-state index >= 15 is 0 Å². The molecule has 100 valence electrons. The summed E-state index contributed by atoms with van der Waals surface area (Å²) in [4.78, 5) is 15.3. The number of benzene rings is 2. The van der Waals surface area contributed by atoms with Gasteiger partial charge in [0.2, 0.25) is 0 Å². The SMILES string of the molecule is Cc1ccc2cc(C(=O)Nc3ccc(Br)cc3)[nH]c2c1. The highest BCUT2D eigenvalue weighted by molar-refractivity contribution is 9.10. The average Bonchev–Trinajstić information content (AvgIpc) is 2.84. The van der Waals surface area contributed by atoms with Gasteiger partial charge >= 0.3 is 0 Å². The quantitative estimate of drug-likeness (QED) is 0.715. The molecule has 0 saturated heterocycles. The Morgan fingerprint density at radius 1 is 1.10 bits per heavy atom. The van der Waals surface area contributed by atoms with Crippen LogP contribution in [-0.4, -0.2) is 10.9 Å². The maximum atomic E-state index is 12.2. The predicted octanol–water partition coefficient (Wildman–Crippen LogP) is 4.49. The van der Waals surface area contributed by atoms with Gasteiger partial charge in [0.05, 0.1) is 0 Å². The molecule has 0 saturated carbocycles. The summed E-state index contributed by atoms with van der Waals surface area (Å²) < 4.78 is 0.983. The van der Waals surface area contributed by atoms with Crippen molar-refractivity contribution in [2.45, 2.75) is 6.92 Å². The summed E-state index contributed by atoms with van der Waals surface area (Å²) in [6.07, 6.45) is 0. The summed E-state index contributed by atoms with van der Waals surface area (Å²) in [5.74, 6) is -0.138. The van der Waals surface area contributed by atoms with Gasteiger partial charge in [-0.3, -0.25) is 4.79 Å². The van der Waals surface area contributed by atoms with E-state index in [0.29, 0.717) is 5.69 Å². The van der Waals surface area contributed by atoms with E-state index in [-0.39, 0.29) is 5.91 Å². The van der Waals surface area contributed by atoms with Crippen LogP contribution in [0.5, 0.6) is 0 Å². The number of halogens is 1. The standard InChI is InChI=1S/C16H13BrN2O/c1-10-2-3-11-9-15(19-14(11)8-10)16(20)18-13-6-4-12(17)5-7-13/h2-9,19H,1H3,(H,18,20). The molecule has 2 N–H and O–H groups in total. The maximum absolute atomic E-state index is 12.2. The highest BCUT2D eigenvalue weighted by Crippen LogP contribution is 2.19. The monoisotopic (exact) mass is 328 g/mol. The second kappa shape index (κ2) is 5.13. The molecule has 4 heteroatoms. The molecule has 0 bridgehead atoms. The Balaban J connectivity index is 1.86. The molecule has 3 nitrogen and oxygen atoms in total.